The maximum absolute atomic E-state index is 11.7. The molecule has 1 unspecified atom stereocenters. The maximum Gasteiger partial charge on any atom is 0.242 e. The molecule has 0 heterocycles. The minimum atomic E-state index is -0.300. The zero-order valence-corrected chi connectivity index (χ0v) is 11.2. The molecular formula is C15H20N2O. The van der Waals surface area contributed by atoms with Gasteiger partial charge in [0.15, 0.2) is 0 Å². The number of aryl methyl sites for hydroxylation is 2. The molecule has 1 amide bonds. The summed E-state index contributed by atoms with van der Waals surface area (Å²) in [6.45, 7) is 6.29. The van der Waals surface area contributed by atoms with Gasteiger partial charge in [-0.1, -0.05) is 18.9 Å². The second kappa shape index (κ2) is 6.70. The Morgan fingerprint density at radius 2 is 2.22 bits per heavy atom. The van der Waals surface area contributed by atoms with Gasteiger partial charge in [0.2, 0.25) is 5.91 Å². The van der Waals surface area contributed by atoms with Crippen molar-refractivity contribution in [3.05, 3.63) is 29.3 Å². The van der Waals surface area contributed by atoms with Crippen molar-refractivity contribution in [2.45, 2.75) is 33.2 Å². The van der Waals surface area contributed by atoms with Crippen molar-refractivity contribution < 1.29 is 4.79 Å². The van der Waals surface area contributed by atoms with Gasteiger partial charge < -0.3 is 10.6 Å². The van der Waals surface area contributed by atoms with E-state index >= 15 is 0 Å². The summed E-state index contributed by atoms with van der Waals surface area (Å²) in [6.07, 6.45) is 6.08. The van der Waals surface area contributed by atoms with E-state index in [0.29, 0.717) is 0 Å². The highest BCUT2D eigenvalue weighted by Crippen LogP contribution is 2.16. The van der Waals surface area contributed by atoms with E-state index in [1.807, 2.05) is 13.0 Å². The van der Waals surface area contributed by atoms with Gasteiger partial charge in [0.1, 0.15) is 6.04 Å². The lowest BCUT2D eigenvalue weighted by atomic mass is 10.1. The number of nitrogens with one attached hydrogen (secondary N) is 2. The van der Waals surface area contributed by atoms with E-state index in [4.69, 9.17) is 6.42 Å². The first-order chi connectivity index (χ1) is 8.58. The van der Waals surface area contributed by atoms with Crippen molar-refractivity contribution in [1.82, 2.24) is 5.32 Å². The van der Waals surface area contributed by atoms with Crippen LogP contribution in [0.2, 0.25) is 0 Å². The Kier molecular flexibility index (Phi) is 5.26. The first-order valence-electron chi connectivity index (χ1n) is 6.15. The predicted octanol–water partition coefficient (Wildman–Crippen LogP) is 2.11. The Labute approximate surface area is 109 Å². The number of carbonyl (C=O) groups excluding carboxylic acids is 1. The molecule has 0 saturated heterocycles. The number of hydrogen-bond acceptors (Lipinski definition) is 2. The molecule has 0 aromatic heterocycles. The minimum Gasteiger partial charge on any atom is -0.374 e. The number of benzene rings is 1. The van der Waals surface area contributed by atoms with Crippen molar-refractivity contribution in [2.24, 2.45) is 0 Å². The Hall–Kier alpha value is -1.95. The summed E-state index contributed by atoms with van der Waals surface area (Å²) in [5.41, 5.74) is 3.52. The molecular weight excluding hydrogens is 224 g/mol. The van der Waals surface area contributed by atoms with Crippen LogP contribution in [0.3, 0.4) is 0 Å². The molecule has 0 aliphatic carbocycles. The van der Waals surface area contributed by atoms with Crippen LogP contribution in [-0.4, -0.2) is 18.5 Å². The lowest BCUT2D eigenvalue weighted by molar-refractivity contribution is -0.121. The Morgan fingerprint density at radius 3 is 2.83 bits per heavy atom. The van der Waals surface area contributed by atoms with Gasteiger partial charge in [-0.25, -0.2) is 0 Å². The summed E-state index contributed by atoms with van der Waals surface area (Å²) in [5, 5.41) is 5.83. The lowest BCUT2D eigenvalue weighted by Gasteiger charge is -2.15. The molecule has 3 heteroatoms. The van der Waals surface area contributed by atoms with Gasteiger partial charge in [-0.3, -0.25) is 4.79 Å². The fourth-order valence-electron chi connectivity index (χ4n) is 1.75. The van der Waals surface area contributed by atoms with Gasteiger partial charge in [0.25, 0.3) is 0 Å². The van der Waals surface area contributed by atoms with Crippen molar-refractivity contribution in [3.8, 4) is 12.3 Å². The smallest absolute Gasteiger partial charge is 0.242 e. The number of terminal acetylenes is 1. The first kappa shape index (κ1) is 14.1. The number of amides is 1. The van der Waals surface area contributed by atoms with Crippen molar-refractivity contribution in [1.29, 1.82) is 0 Å². The van der Waals surface area contributed by atoms with Crippen LogP contribution >= 0.6 is 0 Å². The largest absolute Gasteiger partial charge is 0.374 e. The van der Waals surface area contributed by atoms with Crippen LogP contribution < -0.4 is 10.6 Å². The third-order valence-electron chi connectivity index (χ3n) is 2.87. The summed E-state index contributed by atoms with van der Waals surface area (Å²) in [4.78, 5) is 11.7. The molecule has 1 aromatic rings. The van der Waals surface area contributed by atoms with Gasteiger partial charge in [0, 0.05) is 5.69 Å². The van der Waals surface area contributed by atoms with E-state index in [9.17, 15) is 4.79 Å². The van der Waals surface area contributed by atoms with Crippen molar-refractivity contribution >= 4 is 11.6 Å². The Bertz CT molecular complexity index is 460. The molecule has 0 spiro atoms. The topological polar surface area (TPSA) is 41.1 Å². The highest BCUT2D eigenvalue weighted by molar-refractivity contribution is 5.84. The van der Waals surface area contributed by atoms with Crippen LogP contribution in [0, 0.1) is 19.3 Å². The normalized spacial score (nSPS) is 11.4. The standard InChI is InChI=1S/C15H20N2O/c1-5-9-16-15(18)12(4)17-14-8-7-11(3)13(6-2)10-14/h1,7-8,10,12,17H,6,9H2,2-4H3,(H,16,18). The monoisotopic (exact) mass is 244 g/mol. The van der Waals surface area contributed by atoms with E-state index < -0.39 is 0 Å². The molecule has 1 aromatic carbocycles. The van der Waals surface area contributed by atoms with Gasteiger partial charge in [-0.05, 0) is 43.5 Å². The third kappa shape index (κ3) is 3.81. The van der Waals surface area contributed by atoms with Crippen LogP contribution in [0.4, 0.5) is 5.69 Å². The van der Waals surface area contributed by atoms with E-state index in [1.54, 1.807) is 0 Å². The molecule has 0 fully saturated rings. The first-order valence-corrected chi connectivity index (χ1v) is 6.15. The van der Waals surface area contributed by atoms with Gasteiger partial charge in [-0.2, -0.15) is 0 Å². The van der Waals surface area contributed by atoms with E-state index in [2.05, 4.69) is 42.5 Å². The summed E-state index contributed by atoms with van der Waals surface area (Å²) < 4.78 is 0. The van der Waals surface area contributed by atoms with Gasteiger partial charge >= 0.3 is 0 Å². The van der Waals surface area contributed by atoms with E-state index in [1.165, 1.54) is 11.1 Å². The second-order valence-electron chi connectivity index (χ2n) is 4.28. The average molecular weight is 244 g/mol. The average Bonchev–Trinajstić information content (AvgIpc) is 2.37. The fraction of sp³-hybridized carbons (Fsp3) is 0.400. The number of anilines is 1. The molecule has 0 aliphatic heterocycles. The summed E-state index contributed by atoms with van der Waals surface area (Å²) in [6, 6.07) is 5.83. The summed E-state index contributed by atoms with van der Waals surface area (Å²) in [7, 11) is 0. The van der Waals surface area contributed by atoms with Crippen LogP contribution in [0.15, 0.2) is 18.2 Å². The molecule has 1 rings (SSSR count). The number of hydrogen-bond donors (Lipinski definition) is 2. The molecule has 0 radical (unpaired) electrons. The third-order valence-corrected chi connectivity index (χ3v) is 2.87. The SMILES string of the molecule is C#CCNC(=O)C(C)Nc1ccc(C)c(CC)c1. The number of rotatable bonds is 5. The maximum atomic E-state index is 11.7. The van der Waals surface area contributed by atoms with Crippen molar-refractivity contribution in [3.63, 3.8) is 0 Å². The molecule has 3 nitrogen and oxygen atoms in total. The van der Waals surface area contributed by atoms with Crippen LogP contribution in [0.1, 0.15) is 25.0 Å². The molecule has 96 valence electrons. The van der Waals surface area contributed by atoms with E-state index in [-0.39, 0.29) is 18.5 Å². The Balaban J connectivity index is 2.67. The lowest BCUT2D eigenvalue weighted by Crippen LogP contribution is -2.37. The molecule has 0 saturated carbocycles. The zero-order valence-electron chi connectivity index (χ0n) is 11.2. The zero-order chi connectivity index (χ0) is 13.5. The van der Waals surface area contributed by atoms with Crippen LogP contribution in [0.25, 0.3) is 0 Å². The fourth-order valence-corrected chi connectivity index (χ4v) is 1.75. The quantitative estimate of drug-likeness (QED) is 0.779. The van der Waals surface area contributed by atoms with E-state index in [0.717, 1.165) is 12.1 Å². The second-order valence-corrected chi connectivity index (χ2v) is 4.28. The molecule has 1 atom stereocenters. The Morgan fingerprint density at radius 1 is 1.50 bits per heavy atom. The van der Waals surface area contributed by atoms with Crippen LogP contribution in [-0.2, 0) is 11.2 Å². The minimum absolute atomic E-state index is 0.0911. The van der Waals surface area contributed by atoms with Crippen molar-refractivity contribution in [2.75, 3.05) is 11.9 Å². The molecule has 0 aliphatic rings. The van der Waals surface area contributed by atoms with Gasteiger partial charge in [0.05, 0.1) is 6.54 Å². The van der Waals surface area contributed by atoms with Gasteiger partial charge in [-0.15, -0.1) is 6.42 Å². The molecule has 2 N–H and O–H groups in total. The molecule has 0 bridgehead atoms. The molecule has 18 heavy (non-hydrogen) atoms. The van der Waals surface area contributed by atoms with Crippen LogP contribution in [0.5, 0.6) is 0 Å². The highest BCUT2D eigenvalue weighted by atomic mass is 16.2. The predicted molar refractivity (Wildman–Crippen MR) is 75.5 cm³/mol. The summed E-state index contributed by atoms with van der Waals surface area (Å²) in [5.74, 6) is 2.29. The highest BCUT2D eigenvalue weighted by Gasteiger charge is 2.11. The summed E-state index contributed by atoms with van der Waals surface area (Å²) >= 11 is 0. The number of carbonyl (C=O) groups is 1.